The molecule has 1 N–H and O–H groups in total. The minimum absolute atomic E-state index is 0.232. The number of carbonyl (C=O) groups excluding carboxylic acids is 1. The molecule has 0 aliphatic heterocycles. The topological polar surface area (TPSA) is 88.1 Å². The van der Waals surface area contributed by atoms with Crippen LogP contribution in [-0.2, 0) is 4.79 Å². The summed E-state index contributed by atoms with van der Waals surface area (Å²) in [7, 11) is 0. The van der Waals surface area contributed by atoms with Crippen molar-refractivity contribution in [2.45, 2.75) is 0 Å². The Labute approximate surface area is 221 Å². The number of nitriles is 1. The zero-order valence-electron chi connectivity index (χ0n) is 17.1. The standard InChI is InChI=1S/C24H13Br2Cl2N3O3/c25-16-8-13(7-14(11-29)24-31-20-3-1-2-4-21(20)34-24)9-17(26)23(16)33-12-22(32)30-15-5-6-18(27)19(28)10-15/h1-10H,12H2,(H,30,32)/b14-7+. The van der Waals surface area contributed by atoms with E-state index in [1.165, 1.54) is 0 Å². The second-order valence-electron chi connectivity index (χ2n) is 6.94. The average Bonchev–Trinajstić information content (AvgIpc) is 3.23. The molecule has 0 fully saturated rings. The van der Waals surface area contributed by atoms with Crippen molar-refractivity contribution < 1.29 is 13.9 Å². The van der Waals surface area contributed by atoms with Crippen LogP contribution in [0.4, 0.5) is 5.69 Å². The van der Waals surface area contributed by atoms with E-state index in [9.17, 15) is 10.1 Å². The predicted molar refractivity (Wildman–Crippen MR) is 140 cm³/mol. The van der Waals surface area contributed by atoms with Gasteiger partial charge in [-0.25, -0.2) is 4.98 Å². The largest absolute Gasteiger partial charge is 0.481 e. The van der Waals surface area contributed by atoms with Gasteiger partial charge in [-0.3, -0.25) is 4.79 Å². The maximum absolute atomic E-state index is 12.3. The molecule has 0 saturated heterocycles. The summed E-state index contributed by atoms with van der Waals surface area (Å²) in [5.41, 5.74) is 2.74. The molecule has 0 bridgehead atoms. The van der Waals surface area contributed by atoms with Crippen molar-refractivity contribution >= 4 is 89.4 Å². The summed E-state index contributed by atoms with van der Waals surface area (Å²) in [5.74, 6) is 0.293. The monoisotopic (exact) mass is 619 g/mol. The van der Waals surface area contributed by atoms with Gasteiger partial charge in [-0.1, -0.05) is 35.3 Å². The third-order valence-electron chi connectivity index (χ3n) is 4.53. The first-order chi connectivity index (χ1) is 16.3. The smallest absolute Gasteiger partial charge is 0.262 e. The van der Waals surface area contributed by atoms with Gasteiger partial charge >= 0.3 is 0 Å². The van der Waals surface area contributed by atoms with Crippen LogP contribution in [0.25, 0.3) is 22.7 Å². The van der Waals surface area contributed by atoms with Crippen LogP contribution in [0.5, 0.6) is 5.75 Å². The molecule has 10 heteroatoms. The van der Waals surface area contributed by atoms with Crippen LogP contribution >= 0.6 is 55.1 Å². The number of anilines is 1. The number of carbonyl (C=O) groups is 1. The lowest BCUT2D eigenvalue weighted by Crippen LogP contribution is -2.20. The molecule has 0 radical (unpaired) electrons. The fraction of sp³-hybridized carbons (Fsp3) is 0.0417. The molecule has 0 aliphatic carbocycles. The van der Waals surface area contributed by atoms with Crippen molar-refractivity contribution in [1.82, 2.24) is 4.98 Å². The van der Waals surface area contributed by atoms with Crippen LogP contribution in [-0.4, -0.2) is 17.5 Å². The lowest BCUT2D eigenvalue weighted by molar-refractivity contribution is -0.118. The van der Waals surface area contributed by atoms with E-state index in [0.29, 0.717) is 47.1 Å². The van der Waals surface area contributed by atoms with E-state index in [-0.39, 0.29) is 24.0 Å². The number of aromatic nitrogens is 1. The zero-order valence-corrected chi connectivity index (χ0v) is 21.8. The zero-order chi connectivity index (χ0) is 24.2. The normalized spacial score (nSPS) is 11.3. The van der Waals surface area contributed by atoms with E-state index < -0.39 is 0 Å². The van der Waals surface area contributed by atoms with E-state index in [1.807, 2.05) is 18.2 Å². The molecule has 6 nitrogen and oxygen atoms in total. The fourth-order valence-electron chi connectivity index (χ4n) is 3.01. The molecule has 170 valence electrons. The number of halogens is 4. The molecule has 0 atom stereocenters. The Morgan fingerprint density at radius 2 is 1.85 bits per heavy atom. The third kappa shape index (κ3) is 5.62. The van der Waals surface area contributed by atoms with E-state index in [2.05, 4.69) is 48.2 Å². The fourth-order valence-corrected chi connectivity index (χ4v) is 4.75. The number of nitrogens with one attached hydrogen (secondary N) is 1. The molecule has 3 aromatic carbocycles. The molecule has 1 aromatic heterocycles. The Morgan fingerprint density at radius 1 is 1.12 bits per heavy atom. The van der Waals surface area contributed by atoms with Crippen molar-refractivity contribution in [3.05, 3.63) is 85.0 Å². The number of fused-ring (bicyclic) bond motifs is 1. The highest BCUT2D eigenvalue weighted by molar-refractivity contribution is 9.11. The van der Waals surface area contributed by atoms with Crippen molar-refractivity contribution in [1.29, 1.82) is 5.26 Å². The van der Waals surface area contributed by atoms with Crippen LogP contribution in [0.15, 0.2) is 68.0 Å². The van der Waals surface area contributed by atoms with Crippen LogP contribution in [0.1, 0.15) is 11.5 Å². The van der Waals surface area contributed by atoms with Gasteiger partial charge in [0.1, 0.15) is 22.9 Å². The van der Waals surface area contributed by atoms with Crippen LogP contribution in [0, 0.1) is 11.3 Å². The lowest BCUT2D eigenvalue weighted by Gasteiger charge is -2.12. The molecule has 4 rings (SSSR count). The summed E-state index contributed by atoms with van der Waals surface area (Å²) in [4.78, 5) is 16.7. The van der Waals surface area contributed by atoms with Gasteiger partial charge in [0.05, 0.1) is 19.0 Å². The van der Waals surface area contributed by atoms with Gasteiger partial charge < -0.3 is 14.5 Å². The number of para-hydroxylation sites is 2. The molecule has 1 amide bonds. The Kier molecular flexibility index (Phi) is 7.59. The van der Waals surface area contributed by atoms with Gasteiger partial charge in [-0.2, -0.15) is 5.26 Å². The summed E-state index contributed by atoms with van der Waals surface area (Å²) in [6.45, 7) is -0.237. The van der Waals surface area contributed by atoms with Crippen molar-refractivity contribution in [2.75, 3.05) is 11.9 Å². The molecule has 0 saturated carbocycles. The number of benzene rings is 3. The number of amides is 1. The third-order valence-corrected chi connectivity index (χ3v) is 6.44. The van der Waals surface area contributed by atoms with Gasteiger partial charge in [-0.15, -0.1) is 0 Å². The Balaban J connectivity index is 1.49. The predicted octanol–water partition coefficient (Wildman–Crippen LogP) is 7.74. The molecule has 34 heavy (non-hydrogen) atoms. The highest BCUT2D eigenvalue weighted by Gasteiger charge is 2.14. The van der Waals surface area contributed by atoms with Gasteiger partial charge in [0.25, 0.3) is 5.91 Å². The molecule has 1 heterocycles. The number of ether oxygens (including phenoxy) is 1. The van der Waals surface area contributed by atoms with Crippen molar-refractivity contribution in [3.8, 4) is 11.8 Å². The van der Waals surface area contributed by atoms with Crippen molar-refractivity contribution in [2.24, 2.45) is 0 Å². The Hall–Kier alpha value is -2.83. The van der Waals surface area contributed by atoms with Crippen LogP contribution < -0.4 is 10.1 Å². The average molecular weight is 622 g/mol. The molecule has 0 unspecified atom stereocenters. The SMILES string of the molecule is N#C/C(=C\c1cc(Br)c(OCC(=O)Nc2ccc(Cl)c(Cl)c2)c(Br)c1)c1nc2ccccc2o1. The number of oxazole rings is 1. The second-order valence-corrected chi connectivity index (χ2v) is 9.46. The van der Waals surface area contributed by atoms with E-state index in [4.69, 9.17) is 32.4 Å². The maximum atomic E-state index is 12.3. The summed E-state index contributed by atoms with van der Waals surface area (Å²) < 4.78 is 12.6. The summed E-state index contributed by atoms with van der Waals surface area (Å²) in [6, 6.07) is 17.7. The maximum Gasteiger partial charge on any atom is 0.262 e. The van der Waals surface area contributed by atoms with Crippen molar-refractivity contribution in [3.63, 3.8) is 0 Å². The quantitative estimate of drug-likeness (QED) is 0.223. The molecule has 0 spiro atoms. The first kappa shape index (κ1) is 24.3. The Bertz CT molecular complexity index is 1420. The highest BCUT2D eigenvalue weighted by atomic mass is 79.9. The van der Waals surface area contributed by atoms with E-state index in [0.717, 1.165) is 0 Å². The van der Waals surface area contributed by atoms with E-state index in [1.54, 1.807) is 42.5 Å². The highest BCUT2D eigenvalue weighted by Crippen LogP contribution is 2.36. The summed E-state index contributed by atoms with van der Waals surface area (Å²) in [6.07, 6.45) is 1.65. The molecular weight excluding hydrogens is 609 g/mol. The number of hydrogen-bond acceptors (Lipinski definition) is 5. The number of nitrogens with zero attached hydrogens (tertiary/aromatic N) is 2. The number of allylic oxidation sites excluding steroid dienone is 1. The first-order valence-electron chi connectivity index (χ1n) is 9.68. The molecule has 0 aliphatic rings. The van der Waals surface area contributed by atoms with Crippen LogP contribution in [0.3, 0.4) is 0 Å². The summed E-state index contributed by atoms with van der Waals surface area (Å²) in [5, 5.41) is 13.1. The van der Waals surface area contributed by atoms with Gasteiger partial charge in [0.2, 0.25) is 5.89 Å². The summed E-state index contributed by atoms with van der Waals surface area (Å²) >= 11 is 18.8. The van der Waals surface area contributed by atoms with Gasteiger partial charge in [0, 0.05) is 5.69 Å². The molecule has 4 aromatic rings. The van der Waals surface area contributed by atoms with E-state index >= 15 is 0 Å². The molecular formula is C24H13Br2Cl2N3O3. The van der Waals surface area contributed by atoms with Crippen LogP contribution in [0.2, 0.25) is 10.0 Å². The first-order valence-corrected chi connectivity index (χ1v) is 12.0. The lowest BCUT2D eigenvalue weighted by atomic mass is 10.1. The number of hydrogen-bond donors (Lipinski definition) is 1. The van der Waals surface area contributed by atoms with Gasteiger partial charge in [0.15, 0.2) is 12.2 Å². The minimum Gasteiger partial charge on any atom is -0.481 e. The minimum atomic E-state index is -0.371. The van der Waals surface area contributed by atoms with Gasteiger partial charge in [-0.05, 0) is 86.0 Å². The Morgan fingerprint density at radius 3 is 2.53 bits per heavy atom. The number of rotatable bonds is 6. The second kappa shape index (κ2) is 10.6.